The van der Waals surface area contributed by atoms with Crippen LogP contribution < -0.4 is 10.1 Å². The average molecular weight is 294 g/mol. The van der Waals surface area contributed by atoms with Gasteiger partial charge in [-0.2, -0.15) is 0 Å². The Kier molecular flexibility index (Phi) is 5.58. The number of carboxylic acid groups (broad SMARTS) is 1. The lowest BCUT2D eigenvalue weighted by atomic mass is 10.1. The Morgan fingerprint density at radius 1 is 1.24 bits per heavy atom. The summed E-state index contributed by atoms with van der Waals surface area (Å²) in [7, 11) is 0. The number of carboxylic acids is 1. The summed E-state index contributed by atoms with van der Waals surface area (Å²) in [4.78, 5) is 24.4. The van der Waals surface area contributed by atoms with Crippen LogP contribution >= 0.6 is 0 Å². The summed E-state index contributed by atoms with van der Waals surface area (Å²) in [6, 6.07) is 6.47. The maximum absolute atomic E-state index is 12.2. The van der Waals surface area contributed by atoms with Crippen LogP contribution in [0.25, 0.3) is 0 Å². The molecule has 2 amide bonds. The third-order valence-corrected chi connectivity index (χ3v) is 2.76. The van der Waals surface area contributed by atoms with E-state index in [9.17, 15) is 9.59 Å². The Balaban J connectivity index is 2.79. The first-order valence-electron chi connectivity index (χ1n) is 6.77. The molecule has 0 atom stereocenters. The van der Waals surface area contributed by atoms with E-state index in [-0.39, 0.29) is 6.54 Å². The van der Waals surface area contributed by atoms with Gasteiger partial charge in [-0.05, 0) is 52.0 Å². The van der Waals surface area contributed by atoms with Gasteiger partial charge in [-0.25, -0.2) is 4.79 Å². The number of ether oxygens (including phenoxy) is 1. The monoisotopic (exact) mass is 294 g/mol. The first-order chi connectivity index (χ1) is 9.74. The molecule has 2 N–H and O–H groups in total. The number of anilines is 1. The number of hydrogen-bond donors (Lipinski definition) is 2. The van der Waals surface area contributed by atoms with Crippen LogP contribution in [0.2, 0.25) is 0 Å². The zero-order valence-electron chi connectivity index (χ0n) is 12.8. The molecule has 0 fully saturated rings. The number of nitrogens with zero attached hydrogens (tertiary/aromatic N) is 1. The van der Waals surface area contributed by atoms with Gasteiger partial charge in [0.15, 0.2) is 0 Å². The Bertz CT molecular complexity index is 491. The average Bonchev–Trinajstić information content (AvgIpc) is 2.37. The lowest BCUT2D eigenvalue weighted by molar-refractivity contribution is -0.138. The summed E-state index contributed by atoms with van der Waals surface area (Å²) in [5, 5.41) is 11.6. The summed E-state index contributed by atoms with van der Waals surface area (Å²) < 4.78 is 5.32. The van der Waals surface area contributed by atoms with Crippen molar-refractivity contribution in [1.82, 2.24) is 4.90 Å². The van der Waals surface area contributed by atoms with Crippen molar-refractivity contribution in [3.63, 3.8) is 0 Å². The third kappa shape index (κ3) is 5.33. The van der Waals surface area contributed by atoms with Crippen LogP contribution in [0.4, 0.5) is 10.5 Å². The molecular formula is C15H22N2O4. The van der Waals surface area contributed by atoms with Crippen molar-refractivity contribution in [3.8, 4) is 5.75 Å². The minimum Gasteiger partial charge on any atom is -0.494 e. The minimum absolute atomic E-state index is 0.355. The fourth-order valence-electron chi connectivity index (χ4n) is 1.74. The second-order valence-corrected chi connectivity index (χ2v) is 5.54. The summed E-state index contributed by atoms with van der Waals surface area (Å²) in [6.07, 6.45) is 0. The van der Waals surface area contributed by atoms with E-state index >= 15 is 0 Å². The van der Waals surface area contributed by atoms with Crippen LogP contribution in [-0.2, 0) is 4.79 Å². The number of nitrogens with one attached hydrogen (secondary N) is 1. The highest BCUT2D eigenvalue weighted by atomic mass is 16.5. The van der Waals surface area contributed by atoms with Gasteiger partial charge in [0.1, 0.15) is 12.3 Å². The molecule has 0 spiro atoms. The topological polar surface area (TPSA) is 78.9 Å². The summed E-state index contributed by atoms with van der Waals surface area (Å²) in [6.45, 7) is 7.46. The van der Waals surface area contributed by atoms with E-state index < -0.39 is 17.5 Å². The van der Waals surface area contributed by atoms with E-state index in [4.69, 9.17) is 9.84 Å². The third-order valence-electron chi connectivity index (χ3n) is 2.76. The van der Waals surface area contributed by atoms with Crippen LogP contribution in [0.15, 0.2) is 24.3 Å². The molecule has 1 aromatic carbocycles. The van der Waals surface area contributed by atoms with E-state index in [2.05, 4.69) is 5.32 Å². The van der Waals surface area contributed by atoms with Crippen LogP contribution in [0.5, 0.6) is 5.75 Å². The smallest absolute Gasteiger partial charge is 0.323 e. The van der Waals surface area contributed by atoms with E-state index in [0.717, 1.165) is 0 Å². The zero-order valence-corrected chi connectivity index (χ0v) is 12.8. The van der Waals surface area contributed by atoms with Crippen molar-refractivity contribution in [1.29, 1.82) is 0 Å². The molecule has 0 unspecified atom stereocenters. The van der Waals surface area contributed by atoms with Gasteiger partial charge in [0, 0.05) is 11.2 Å². The number of benzene rings is 1. The quantitative estimate of drug-likeness (QED) is 0.875. The predicted molar refractivity (Wildman–Crippen MR) is 80.7 cm³/mol. The zero-order chi connectivity index (χ0) is 16.0. The largest absolute Gasteiger partial charge is 0.494 e. The van der Waals surface area contributed by atoms with Crippen molar-refractivity contribution >= 4 is 17.7 Å². The number of hydrogen-bond acceptors (Lipinski definition) is 3. The number of amides is 2. The summed E-state index contributed by atoms with van der Waals surface area (Å²) in [5.74, 6) is -0.333. The second kappa shape index (κ2) is 6.97. The Morgan fingerprint density at radius 2 is 1.81 bits per heavy atom. The molecule has 21 heavy (non-hydrogen) atoms. The molecule has 116 valence electrons. The van der Waals surface area contributed by atoms with Crippen LogP contribution in [0.1, 0.15) is 27.7 Å². The second-order valence-electron chi connectivity index (χ2n) is 5.54. The van der Waals surface area contributed by atoms with Crippen LogP contribution in [0, 0.1) is 0 Å². The summed E-state index contributed by atoms with van der Waals surface area (Å²) >= 11 is 0. The van der Waals surface area contributed by atoms with Gasteiger partial charge in [-0.1, -0.05) is 0 Å². The van der Waals surface area contributed by atoms with Gasteiger partial charge in [-0.15, -0.1) is 0 Å². The van der Waals surface area contributed by atoms with Crippen molar-refractivity contribution in [2.75, 3.05) is 18.5 Å². The summed E-state index contributed by atoms with van der Waals surface area (Å²) in [5.41, 5.74) is -0.00335. The molecule has 0 bridgehead atoms. The molecule has 0 radical (unpaired) electrons. The van der Waals surface area contributed by atoms with Gasteiger partial charge >= 0.3 is 12.0 Å². The minimum atomic E-state index is -1.05. The van der Waals surface area contributed by atoms with E-state index in [1.807, 2.05) is 6.92 Å². The molecule has 0 aliphatic rings. The first kappa shape index (κ1) is 16.8. The Morgan fingerprint density at radius 3 is 2.24 bits per heavy atom. The fraction of sp³-hybridized carbons (Fsp3) is 0.467. The standard InChI is InChI=1S/C15H22N2O4/c1-5-21-12-8-6-11(7-9-12)16-14(20)17(10-13(18)19)15(2,3)4/h6-9H,5,10H2,1-4H3,(H,16,20)(H,18,19). The molecule has 0 saturated carbocycles. The van der Waals surface area contributed by atoms with Gasteiger partial charge in [0.25, 0.3) is 0 Å². The molecule has 6 heteroatoms. The van der Waals surface area contributed by atoms with E-state index in [1.165, 1.54) is 4.90 Å². The number of carbonyl (C=O) groups is 2. The number of urea groups is 1. The molecule has 0 aromatic heterocycles. The maximum atomic E-state index is 12.2. The number of carbonyl (C=O) groups excluding carboxylic acids is 1. The van der Waals surface area contributed by atoms with Crippen molar-refractivity contribution in [2.45, 2.75) is 33.2 Å². The SMILES string of the molecule is CCOc1ccc(NC(=O)N(CC(=O)O)C(C)(C)C)cc1. The molecule has 1 aromatic rings. The molecule has 0 aliphatic carbocycles. The highest BCUT2D eigenvalue weighted by Gasteiger charge is 2.28. The molecule has 0 aliphatic heterocycles. The van der Waals surface area contributed by atoms with E-state index in [1.54, 1.807) is 45.0 Å². The fourth-order valence-corrected chi connectivity index (χ4v) is 1.74. The Hall–Kier alpha value is -2.24. The molecule has 6 nitrogen and oxygen atoms in total. The lowest BCUT2D eigenvalue weighted by Crippen LogP contribution is -2.50. The highest BCUT2D eigenvalue weighted by molar-refractivity contribution is 5.91. The van der Waals surface area contributed by atoms with Crippen LogP contribution in [0.3, 0.4) is 0 Å². The number of aliphatic carboxylic acids is 1. The highest BCUT2D eigenvalue weighted by Crippen LogP contribution is 2.18. The molecule has 1 rings (SSSR count). The van der Waals surface area contributed by atoms with Gasteiger partial charge < -0.3 is 20.1 Å². The van der Waals surface area contributed by atoms with Gasteiger partial charge in [0.2, 0.25) is 0 Å². The van der Waals surface area contributed by atoms with Crippen molar-refractivity contribution < 1.29 is 19.4 Å². The lowest BCUT2D eigenvalue weighted by Gasteiger charge is -2.34. The van der Waals surface area contributed by atoms with Crippen LogP contribution in [-0.4, -0.2) is 40.7 Å². The van der Waals surface area contributed by atoms with Gasteiger partial charge in [-0.3, -0.25) is 4.79 Å². The molecule has 0 saturated heterocycles. The normalized spacial score (nSPS) is 10.9. The maximum Gasteiger partial charge on any atom is 0.323 e. The predicted octanol–water partition coefficient (Wildman–Crippen LogP) is 2.80. The molecular weight excluding hydrogens is 272 g/mol. The Labute approximate surface area is 124 Å². The number of rotatable bonds is 5. The van der Waals surface area contributed by atoms with Crippen molar-refractivity contribution in [3.05, 3.63) is 24.3 Å². The van der Waals surface area contributed by atoms with E-state index in [0.29, 0.717) is 18.0 Å². The van der Waals surface area contributed by atoms with Gasteiger partial charge in [0.05, 0.1) is 6.61 Å². The first-order valence-corrected chi connectivity index (χ1v) is 6.77. The molecule has 0 heterocycles. The van der Waals surface area contributed by atoms with Crippen molar-refractivity contribution in [2.24, 2.45) is 0 Å².